The molecule has 3 heterocycles. The number of hydrogen-bond donors (Lipinski definition) is 0. The summed E-state index contributed by atoms with van der Waals surface area (Å²) in [5, 5.41) is 5.64. The van der Waals surface area contributed by atoms with Crippen LogP contribution in [-0.2, 0) is 12.8 Å². The fraction of sp³-hybridized carbons (Fsp3) is 0.208. The molecule has 1 aliphatic rings. The third-order valence-corrected chi connectivity index (χ3v) is 7.04. The summed E-state index contributed by atoms with van der Waals surface area (Å²) in [4.78, 5) is 21.0. The summed E-state index contributed by atoms with van der Waals surface area (Å²) in [5.41, 5.74) is 3.00. The summed E-state index contributed by atoms with van der Waals surface area (Å²) in [6, 6.07) is 19.8. The van der Waals surface area contributed by atoms with Crippen LogP contribution in [0.15, 0.2) is 65.5 Å². The monoisotopic (exact) mass is 412 g/mol. The Morgan fingerprint density at radius 1 is 0.867 bits per heavy atom. The van der Waals surface area contributed by atoms with E-state index >= 15 is 0 Å². The first-order chi connectivity index (χ1) is 14.8. The van der Waals surface area contributed by atoms with Crippen LogP contribution in [0.4, 0.5) is 0 Å². The number of hydrogen-bond acceptors (Lipinski definition) is 4. The average molecular weight is 413 g/mol. The van der Waals surface area contributed by atoms with Crippen LogP contribution in [0.25, 0.3) is 33.1 Å². The van der Waals surface area contributed by atoms with Crippen LogP contribution in [0.3, 0.4) is 0 Å². The van der Waals surface area contributed by atoms with E-state index in [1.165, 1.54) is 23.3 Å². The third kappa shape index (κ3) is 2.64. The molecule has 5 nitrogen and oxygen atoms in total. The van der Waals surface area contributed by atoms with Crippen molar-refractivity contribution < 1.29 is 0 Å². The summed E-state index contributed by atoms with van der Waals surface area (Å²) < 4.78 is 3.48. The lowest BCUT2D eigenvalue weighted by molar-refractivity contribution is 0.713. The van der Waals surface area contributed by atoms with Gasteiger partial charge in [0.25, 0.3) is 5.56 Å². The number of nitrogens with zero attached hydrogens (tertiary/aromatic N) is 4. The zero-order valence-corrected chi connectivity index (χ0v) is 17.2. The second-order valence-electron chi connectivity index (χ2n) is 7.73. The number of aromatic nitrogens is 4. The van der Waals surface area contributed by atoms with E-state index < -0.39 is 0 Å². The van der Waals surface area contributed by atoms with Crippen LogP contribution in [0.1, 0.15) is 29.7 Å². The molecular formula is C24H20N4OS. The van der Waals surface area contributed by atoms with Crippen LogP contribution in [-0.4, -0.2) is 19.2 Å². The Kier molecular flexibility index (Phi) is 4.06. The van der Waals surface area contributed by atoms with Crippen LogP contribution in [0.5, 0.6) is 0 Å². The molecule has 148 valence electrons. The van der Waals surface area contributed by atoms with Gasteiger partial charge in [-0.15, -0.1) is 16.4 Å². The summed E-state index contributed by atoms with van der Waals surface area (Å²) in [6.45, 7) is 0. The lowest BCUT2D eigenvalue weighted by atomic mass is 10.1. The molecule has 1 aliphatic carbocycles. The maximum absolute atomic E-state index is 13.8. The molecule has 5 aromatic rings. The van der Waals surface area contributed by atoms with Crippen molar-refractivity contribution in [3.05, 3.63) is 81.5 Å². The third-order valence-electron chi connectivity index (χ3n) is 5.85. The number of thiophene rings is 1. The highest BCUT2D eigenvalue weighted by atomic mass is 32.1. The van der Waals surface area contributed by atoms with Gasteiger partial charge in [0, 0.05) is 10.4 Å². The zero-order valence-electron chi connectivity index (χ0n) is 16.4. The normalized spacial score (nSPS) is 14.1. The minimum Gasteiger partial charge on any atom is -0.268 e. The predicted octanol–water partition coefficient (Wildman–Crippen LogP) is 5.03. The molecule has 0 aliphatic heterocycles. The van der Waals surface area contributed by atoms with Crippen molar-refractivity contribution in [1.82, 2.24) is 19.2 Å². The van der Waals surface area contributed by atoms with Crippen molar-refractivity contribution in [1.29, 1.82) is 0 Å². The largest absolute Gasteiger partial charge is 0.269 e. The van der Waals surface area contributed by atoms with E-state index in [1.54, 1.807) is 20.4 Å². The smallest absolute Gasteiger partial charge is 0.268 e. The summed E-state index contributed by atoms with van der Waals surface area (Å²) >= 11 is 1.69. The molecule has 30 heavy (non-hydrogen) atoms. The summed E-state index contributed by atoms with van der Waals surface area (Å²) in [6.07, 6.45) is 5.56. The fourth-order valence-electron chi connectivity index (χ4n) is 4.40. The summed E-state index contributed by atoms with van der Waals surface area (Å²) in [5.74, 6) is 1.19. The van der Waals surface area contributed by atoms with Gasteiger partial charge >= 0.3 is 0 Å². The highest BCUT2D eigenvalue weighted by molar-refractivity contribution is 7.18. The molecule has 0 spiro atoms. The van der Waals surface area contributed by atoms with Crippen molar-refractivity contribution in [2.24, 2.45) is 0 Å². The standard InChI is InChI=1S/C24H20N4OS/c29-23-20-18-14-8-3-9-15-19(18)30-22(20)25-24-27(23)21(16-10-4-1-5-11-16)26-28(24)17-12-6-2-7-13-17/h1-2,4-7,10-13H,3,8-9,14-15H2. The molecule has 0 unspecified atom stereocenters. The van der Waals surface area contributed by atoms with Crippen LogP contribution in [0, 0.1) is 0 Å². The van der Waals surface area contributed by atoms with Crippen molar-refractivity contribution in [3.8, 4) is 17.1 Å². The Balaban J connectivity index is 1.74. The number of aryl methyl sites for hydroxylation is 2. The van der Waals surface area contributed by atoms with Gasteiger partial charge in [-0.2, -0.15) is 4.68 Å². The lowest BCUT2D eigenvalue weighted by Gasteiger charge is -2.02. The molecule has 0 saturated carbocycles. The van der Waals surface area contributed by atoms with Gasteiger partial charge in [-0.3, -0.25) is 4.79 Å². The molecule has 6 heteroatoms. The molecule has 6 rings (SSSR count). The Bertz CT molecular complexity index is 1430. The molecule has 0 atom stereocenters. The molecule has 2 aromatic carbocycles. The van der Waals surface area contributed by atoms with Crippen LogP contribution in [0.2, 0.25) is 0 Å². The Hall–Kier alpha value is -3.25. The van der Waals surface area contributed by atoms with E-state index in [0.29, 0.717) is 11.6 Å². The highest BCUT2D eigenvalue weighted by Gasteiger charge is 2.23. The minimum absolute atomic E-state index is 0.00423. The first-order valence-electron chi connectivity index (χ1n) is 10.4. The molecule has 0 amide bonds. The maximum Gasteiger partial charge on any atom is 0.269 e. The molecule has 0 bridgehead atoms. The average Bonchev–Trinajstić information content (AvgIpc) is 3.26. The van der Waals surface area contributed by atoms with Gasteiger partial charge in [0.15, 0.2) is 5.82 Å². The van der Waals surface area contributed by atoms with E-state index in [4.69, 9.17) is 10.1 Å². The van der Waals surface area contributed by atoms with Gasteiger partial charge < -0.3 is 0 Å². The van der Waals surface area contributed by atoms with Gasteiger partial charge in [-0.1, -0.05) is 55.0 Å². The quantitative estimate of drug-likeness (QED) is 0.382. The number of rotatable bonds is 2. The first kappa shape index (κ1) is 17.6. The summed E-state index contributed by atoms with van der Waals surface area (Å²) in [7, 11) is 0. The van der Waals surface area contributed by atoms with Crippen molar-refractivity contribution in [2.45, 2.75) is 32.1 Å². The minimum atomic E-state index is -0.00423. The van der Waals surface area contributed by atoms with Crippen LogP contribution >= 0.6 is 11.3 Å². The second-order valence-corrected chi connectivity index (χ2v) is 8.82. The van der Waals surface area contributed by atoms with Gasteiger partial charge in [0.1, 0.15) is 4.83 Å². The molecule has 3 aromatic heterocycles. The van der Waals surface area contributed by atoms with Gasteiger partial charge in [0.2, 0.25) is 5.78 Å². The van der Waals surface area contributed by atoms with Crippen LogP contribution < -0.4 is 5.56 Å². The number of benzene rings is 2. The molecule has 0 N–H and O–H groups in total. The van der Waals surface area contributed by atoms with Crippen molar-refractivity contribution in [3.63, 3.8) is 0 Å². The first-order valence-corrected chi connectivity index (χ1v) is 11.2. The maximum atomic E-state index is 13.8. The van der Waals surface area contributed by atoms with Crippen molar-refractivity contribution in [2.75, 3.05) is 0 Å². The van der Waals surface area contributed by atoms with E-state index in [1.807, 2.05) is 60.7 Å². The van der Waals surface area contributed by atoms with E-state index in [0.717, 1.165) is 40.7 Å². The zero-order chi connectivity index (χ0) is 20.1. The molecule has 0 radical (unpaired) electrons. The predicted molar refractivity (Wildman–Crippen MR) is 121 cm³/mol. The van der Waals surface area contributed by atoms with Gasteiger partial charge in [-0.05, 0) is 43.4 Å². The SMILES string of the molecule is O=c1c2c3c(sc2nc2n(-c4ccccc4)nc(-c4ccccc4)n12)CCCCC3. The Labute approximate surface area is 177 Å². The topological polar surface area (TPSA) is 52.2 Å². The van der Waals surface area contributed by atoms with E-state index in [-0.39, 0.29) is 5.56 Å². The number of para-hydroxylation sites is 1. The van der Waals surface area contributed by atoms with Gasteiger partial charge in [-0.25, -0.2) is 9.38 Å². The molecule has 0 saturated heterocycles. The van der Waals surface area contributed by atoms with Gasteiger partial charge in [0.05, 0.1) is 11.1 Å². The number of fused-ring (bicyclic) bond motifs is 4. The molecule has 0 fully saturated rings. The Morgan fingerprint density at radius 3 is 2.40 bits per heavy atom. The fourth-order valence-corrected chi connectivity index (χ4v) is 5.65. The van der Waals surface area contributed by atoms with Crippen molar-refractivity contribution >= 4 is 27.3 Å². The second kappa shape index (κ2) is 6.92. The van der Waals surface area contributed by atoms with E-state index in [9.17, 15) is 4.79 Å². The molecular weight excluding hydrogens is 392 g/mol. The van der Waals surface area contributed by atoms with E-state index in [2.05, 4.69) is 0 Å². The lowest BCUT2D eigenvalue weighted by Crippen LogP contribution is -2.16. The highest BCUT2D eigenvalue weighted by Crippen LogP contribution is 2.34. The Morgan fingerprint density at radius 2 is 1.60 bits per heavy atom.